The zero-order chi connectivity index (χ0) is 21.4. The lowest BCUT2D eigenvalue weighted by molar-refractivity contribution is -0.124. The zero-order valence-corrected chi connectivity index (χ0v) is 17.9. The van der Waals surface area contributed by atoms with Crippen LogP contribution in [-0.4, -0.2) is 52.3 Å². The van der Waals surface area contributed by atoms with E-state index in [0.29, 0.717) is 41.7 Å². The van der Waals surface area contributed by atoms with Gasteiger partial charge in [0.2, 0.25) is 0 Å². The molecule has 2 aromatic carbocycles. The maximum atomic E-state index is 13.3. The molecule has 0 spiro atoms. The monoisotopic (exact) mass is 399 g/mol. The molecule has 0 radical (unpaired) electrons. The van der Waals surface area contributed by atoms with Gasteiger partial charge in [0.1, 0.15) is 0 Å². The van der Waals surface area contributed by atoms with Crippen LogP contribution >= 0.6 is 0 Å². The Kier molecular flexibility index (Phi) is 7.95. The third-order valence-corrected chi connectivity index (χ3v) is 4.69. The molecule has 2 rings (SSSR count). The van der Waals surface area contributed by atoms with Crippen molar-refractivity contribution in [3.63, 3.8) is 0 Å². The summed E-state index contributed by atoms with van der Waals surface area (Å²) in [5.41, 5.74) is 2.13. The van der Waals surface area contributed by atoms with Crippen molar-refractivity contribution in [3.8, 4) is 23.0 Å². The number of hydrogen-bond acceptors (Lipinski definition) is 5. The predicted molar refractivity (Wildman–Crippen MR) is 115 cm³/mol. The van der Waals surface area contributed by atoms with Gasteiger partial charge in [-0.3, -0.25) is 4.79 Å². The van der Waals surface area contributed by atoms with Crippen LogP contribution in [0.2, 0.25) is 0 Å². The van der Waals surface area contributed by atoms with Crippen LogP contribution in [0.15, 0.2) is 36.4 Å². The Bertz CT molecular complexity index is 872. The molecule has 0 atom stereocenters. The lowest BCUT2D eigenvalue weighted by Gasteiger charge is -2.21. The Morgan fingerprint density at radius 1 is 0.793 bits per heavy atom. The number of methoxy groups -OCH3 is 4. The Morgan fingerprint density at radius 3 is 1.83 bits per heavy atom. The fourth-order valence-electron chi connectivity index (χ4n) is 3.06. The van der Waals surface area contributed by atoms with Crippen LogP contribution in [0.5, 0.6) is 23.0 Å². The van der Waals surface area contributed by atoms with Gasteiger partial charge in [0, 0.05) is 18.7 Å². The Balaban J connectivity index is 2.62. The molecule has 0 heterocycles. The molecule has 0 N–H and O–H groups in total. The van der Waals surface area contributed by atoms with E-state index < -0.39 is 0 Å². The zero-order valence-electron chi connectivity index (χ0n) is 17.9. The quantitative estimate of drug-likeness (QED) is 0.469. The van der Waals surface area contributed by atoms with Gasteiger partial charge in [-0.25, -0.2) is 0 Å². The van der Waals surface area contributed by atoms with E-state index in [1.165, 1.54) is 0 Å². The second-order valence-corrected chi connectivity index (χ2v) is 6.22. The summed E-state index contributed by atoms with van der Waals surface area (Å²) < 4.78 is 21.4. The minimum absolute atomic E-state index is 0.0583. The van der Waals surface area contributed by atoms with Gasteiger partial charge in [-0.2, -0.15) is 0 Å². The molecule has 0 aliphatic heterocycles. The average molecular weight is 399 g/mol. The topological polar surface area (TPSA) is 57.2 Å². The van der Waals surface area contributed by atoms with Crippen LogP contribution in [0.4, 0.5) is 0 Å². The number of carbonyl (C=O) groups is 1. The molecule has 0 fully saturated rings. The Morgan fingerprint density at radius 2 is 1.31 bits per heavy atom. The van der Waals surface area contributed by atoms with Gasteiger partial charge in [0.15, 0.2) is 23.0 Å². The average Bonchev–Trinajstić information content (AvgIpc) is 2.77. The normalized spacial score (nSPS) is 11.0. The van der Waals surface area contributed by atoms with E-state index in [1.807, 2.05) is 50.3 Å². The fraction of sp³-hybridized carbons (Fsp3) is 0.348. The first-order valence-electron chi connectivity index (χ1n) is 9.48. The van der Waals surface area contributed by atoms with Gasteiger partial charge >= 0.3 is 0 Å². The van der Waals surface area contributed by atoms with Gasteiger partial charge in [-0.1, -0.05) is 12.1 Å². The third kappa shape index (κ3) is 5.02. The molecule has 0 bridgehead atoms. The highest BCUT2D eigenvalue weighted by Gasteiger charge is 2.19. The second-order valence-electron chi connectivity index (χ2n) is 6.22. The largest absolute Gasteiger partial charge is 0.493 e. The molecule has 0 aliphatic carbocycles. The van der Waals surface area contributed by atoms with Crippen molar-refractivity contribution in [3.05, 3.63) is 47.5 Å². The van der Waals surface area contributed by atoms with Crippen molar-refractivity contribution < 1.29 is 23.7 Å². The highest BCUT2D eigenvalue weighted by Crippen LogP contribution is 2.33. The van der Waals surface area contributed by atoms with E-state index in [9.17, 15) is 4.79 Å². The van der Waals surface area contributed by atoms with Crippen molar-refractivity contribution in [2.24, 2.45) is 0 Å². The number of rotatable bonds is 9. The van der Waals surface area contributed by atoms with Gasteiger partial charge < -0.3 is 23.8 Å². The molecule has 1 amide bonds. The molecule has 0 aromatic heterocycles. The standard InChI is InChI=1S/C23H29NO5/c1-7-24(8-2)23(25)18(17-10-12-20(27-4)22(15-17)29-6)13-16-9-11-19(26-3)21(14-16)28-5/h9-15H,7-8H2,1-6H3/b18-13+. The maximum absolute atomic E-state index is 13.3. The lowest BCUT2D eigenvalue weighted by atomic mass is 10.0. The van der Waals surface area contributed by atoms with Crippen LogP contribution in [0.25, 0.3) is 11.6 Å². The Labute approximate surface area is 172 Å². The first-order chi connectivity index (χ1) is 14.0. The van der Waals surface area contributed by atoms with Crippen LogP contribution in [0.1, 0.15) is 25.0 Å². The molecule has 2 aromatic rings. The van der Waals surface area contributed by atoms with Crippen LogP contribution in [-0.2, 0) is 4.79 Å². The summed E-state index contributed by atoms with van der Waals surface area (Å²) in [5.74, 6) is 2.35. The first-order valence-corrected chi connectivity index (χ1v) is 9.48. The van der Waals surface area contributed by atoms with Gasteiger partial charge in [-0.15, -0.1) is 0 Å². The first kappa shape index (κ1) is 22.1. The molecule has 6 nitrogen and oxygen atoms in total. The SMILES string of the molecule is CCN(CC)C(=O)/C(=C/c1ccc(OC)c(OC)c1)c1ccc(OC)c(OC)c1. The molecule has 0 saturated carbocycles. The van der Waals surface area contributed by atoms with Crippen LogP contribution in [0.3, 0.4) is 0 Å². The minimum Gasteiger partial charge on any atom is -0.493 e. The molecule has 29 heavy (non-hydrogen) atoms. The highest BCUT2D eigenvalue weighted by atomic mass is 16.5. The summed E-state index contributed by atoms with van der Waals surface area (Å²) in [6.45, 7) is 5.16. The number of nitrogens with zero attached hydrogens (tertiary/aromatic N) is 1. The summed E-state index contributed by atoms with van der Waals surface area (Å²) in [5, 5.41) is 0. The summed E-state index contributed by atoms with van der Waals surface area (Å²) in [6.07, 6.45) is 1.85. The molecule has 6 heteroatoms. The summed E-state index contributed by atoms with van der Waals surface area (Å²) in [4.78, 5) is 15.1. The van der Waals surface area contributed by atoms with Crippen LogP contribution in [0, 0.1) is 0 Å². The van der Waals surface area contributed by atoms with Crippen molar-refractivity contribution in [1.82, 2.24) is 4.90 Å². The fourth-order valence-corrected chi connectivity index (χ4v) is 3.06. The number of ether oxygens (including phenoxy) is 4. The van der Waals surface area contributed by atoms with E-state index in [-0.39, 0.29) is 5.91 Å². The van der Waals surface area contributed by atoms with E-state index >= 15 is 0 Å². The summed E-state index contributed by atoms with van der Waals surface area (Å²) in [6, 6.07) is 11.0. The molecule has 156 valence electrons. The number of hydrogen-bond donors (Lipinski definition) is 0. The number of benzene rings is 2. The van der Waals surface area contributed by atoms with Gasteiger partial charge in [0.05, 0.1) is 28.4 Å². The van der Waals surface area contributed by atoms with Crippen molar-refractivity contribution >= 4 is 17.6 Å². The molecule has 0 saturated heterocycles. The van der Waals surface area contributed by atoms with Crippen molar-refractivity contribution in [2.75, 3.05) is 41.5 Å². The number of likely N-dealkylation sites (N-methyl/N-ethyl adjacent to an activating group) is 1. The highest BCUT2D eigenvalue weighted by molar-refractivity contribution is 6.24. The molecule has 0 aliphatic rings. The number of amides is 1. The minimum atomic E-state index is -0.0583. The van der Waals surface area contributed by atoms with Crippen LogP contribution < -0.4 is 18.9 Å². The molecule has 0 unspecified atom stereocenters. The van der Waals surface area contributed by atoms with Gasteiger partial charge in [-0.05, 0) is 55.3 Å². The van der Waals surface area contributed by atoms with E-state index in [0.717, 1.165) is 11.1 Å². The molecular weight excluding hydrogens is 370 g/mol. The van der Waals surface area contributed by atoms with Gasteiger partial charge in [0.25, 0.3) is 5.91 Å². The maximum Gasteiger partial charge on any atom is 0.254 e. The predicted octanol–water partition coefficient (Wildman–Crippen LogP) is 4.13. The number of carbonyl (C=O) groups excluding carboxylic acids is 1. The van der Waals surface area contributed by atoms with E-state index in [1.54, 1.807) is 39.4 Å². The van der Waals surface area contributed by atoms with Crippen molar-refractivity contribution in [1.29, 1.82) is 0 Å². The second kappa shape index (κ2) is 10.4. The van der Waals surface area contributed by atoms with Crippen molar-refractivity contribution in [2.45, 2.75) is 13.8 Å². The summed E-state index contributed by atoms with van der Waals surface area (Å²) in [7, 11) is 6.33. The van der Waals surface area contributed by atoms with E-state index in [4.69, 9.17) is 18.9 Å². The van der Waals surface area contributed by atoms with E-state index in [2.05, 4.69) is 0 Å². The smallest absolute Gasteiger partial charge is 0.254 e. The molecular formula is C23H29NO5. The Hall–Kier alpha value is -3.15. The third-order valence-electron chi connectivity index (χ3n) is 4.69. The summed E-state index contributed by atoms with van der Waals surface area (Å²) >= 11 is 0. The lowest BCUT2D eigenvalue weighted by Crippen LogP contribution is -2.31.